The SMILES string of the molecule is COc1ccc(CC(=O)N2C3CCC2CC(NC(=O)c2ccc(F)cc2)C3)cc1. The van der Waals surface area contributed by atoms with Crippen molar-refractivity contribution in [1.29, 1.82) is 0 Å². The maximum atomic E-state index is 13.1. The zero-order chi connectivity index (χ0) is 20.4. The van der Waals surface area contributed by atoms with Gasteiger partial charge in [-0.2, -0.15) is 0 Å². The highest BCUT2D eigenvalue weighted by molar-refractivity contribution is 5.94. The first kappa shape index (κ1) is 19.4. The van der Waals surface area contributed by atoms with Crippen LogP contribution in [0.1, 0.15) is 41.6 Å². The number of benzene rings is 2. The second-order valence-corrected chi connectivity index (χ2v) is 7.86. The molecular weight excluding hydrogens is 371 g/mol. The molecule has 2 atom stereocenters. The van der Waals surface area contributed by atoms with E-state index in [2.05, 4.69) is 5.32 Å². The molecule has 0 radical (unpaired) electrons. The minimum absolute atomic E-state index is 0.0371. The lowest BCUT2D eigenvalue weighted by atomic mass is 9.96. The van der Waals surface area contributed by atoms with Crippen molar-refractivity contribution in [1.82, 2.24) is 10.2 Å². The van der Waals surface area contributed by atoms with Gasteiger partial charge in [-0.3, -0.25) is 9.59 Å². The molecule has 2 aliphatic rings. The van der Waals surface area contributed by atoms with Crippen LogP contribution in [-0.2, 0) is 11.2 Å². The van der Waals surface area contributed by atoms with E-state index in [-0.39, 0.29) is 35.8 Å². The van der Waals surface area contributed by atoms with E-state index in [1.165, 1.54) is 24.3 Å². The van der Waals surface area contributed by atoms with Crippen LogP contribution in [0.2, 0.25) is 0 Å². The van der Waals surface area contributed by atoms with Gasteiger partial charge in [-0.25, -0.2) is 4.39 Å². The molecule has 1 N–H and O–H groups in total. The number of carbonyl (C=O) groups is 2. The summed E-state index contributed by atoms with van der Waals surface area (Å²) in [5, 5.41) is 3.06. The molecule has 4 rings (SSSR count). The number of fused-ring (bicyclic) bond motifs is 2. The molecule has 2 aliphatic heterocycles. The van der Waals surface area contributed by atoms with E-state index in [1.807, 2.05) is 29.2 Å². The highest BCUT2D eigenvalue weighted by Gasteiger charge is 2.43. The molecule has 2 aromatic rings. The third-order valence-electron chi connectivity index (χ3n) is 5.98. The number of amides is 2. The lowest BCUT2D eigenvalue weighted by Crippen LogP contribution is -2.52. The maximum Gasteiger partial charge on any atom is 0.251 e. The molecule has 0 aromatic heterocycles. The van der Waals surface area contributed by atoms with E-state index < -0.39 is 0 Å². The van der Waals surface area contributed by atoms with Crippen molar-refractivity contribution in [2.24, 2.45) is 0 Å². The maximum absolute atomic E-state index is 13.1. The van der Waals surface area contributed by atoms with Gasteiger partial charge in [-0.1, -0.05) is 12.1 Å². The molecule has 2 aromatic carbocycles. The van der Waals surface area contributed by atoms with Crippen molar-refractivity contribution < 1.29 is 18.7 Å². The van der Waals surface area contributed by atoms with Gasteiger partial charge in [-0.05, 0) is 67.6 Å². The van der Waals surface area contributed by atoms with Crippen LogP contribution in [0.15, 0.2) is 48.5 Å². The van der Waals surface area contributed by atoms with E-state index in [0.717, 1.165) is 37.0 Å². The fourth-order valence-electron chi connectivity index (χ4n) is 4.58. The third-order valence-corrected chi connectivity index (χ3v) is 5.98. The fraction of sp³-hybridized carbons (Fsp3) is 0.391. The van der Waals surface area contributed by atoms with Gasteiger partial charge in [-0.15, -0.1) is 0 Å². The minimum atomic E-state index is -0.358. The minimum Gasteiger partial charge on any atom is -0.497 e. The average molecular weight is 396 g/mol. The number of nitrogens with one attached hydrogen (secondary N) is 1. The molecule has 0 spiro atoms. The number of methoxy groups -OCH3 is 1. The Labute approximate surface area is 169 Å². The van der Waals surface area contributed by atoms with Crippen molar-refractivity contribution in [2.45, 2.75) is 50.2 Å². The zero-order valence-corrected chi connectivity index (χ0v) is 16.4. The summed E-state index contributed by atoms with van der Waals surface area (Å²) >= 11 is 0. The van der Waals surface area contributed by atoms with Crippen LogP contribution < -0.4 is 10.1 Å². The lowest BCUT2D eigenvalue weighted by molar-refractivity contribution is -0.135. The number of carbonyl (C=O) groups excluding carboxylic acids is 2. The Hall–Kier alpha value is -2.89. The lowest BCUT2D eigenvalue weighted by Gasteiger charge is -2.39. The van der Waals surface area contributed by atoms with Crippen LogP contribution in [0.5, 0.6) is 5.75 Å². The van der Waals surface area contributed by atoms with E-state index in [1.54, 1.807) is 7.11 Å². The first-order valence-corrected chi connectivity index (χ1v) is 10.0. The standard InChI is InChI=1S/C23H25FN2O3/c1-29-21-10-2-15(3-11-21)12-22(27)26-19-8-9-20(26)14-18(13-19)25-23(28)16-4-6-17(24)7-5-16/h2-7,10-11,18-20H,8-9,12-14H2,1H3,(H,25,28). The van der Waals surface area contributed by atoms with E-state index in [0.29, 0.717) is 12.0 Å². The molecule has 2 heterocycles. The van der Waals surface area contributed by atoms with E-state index >= 15 is 0 Å². The molecule has 2 amide bonds. The molecular formula is C23H25FN2O3. The number of hydrogen-bond donors (Lipinski definition) is 1. The van der Waals surface area contributed by atoms with Crippen LogP contribution in [0, 0.1) is 5.82 Å². The van der Waals surface area contributed by atoms with Gasteiger partial charge >= 0.3 is 0 Å². The normalized spacial score (nSPS) is 23.0. The van der Waals surface area contributed by atoms with E-state index in [4.69, 9.17) is 4.74 Å². The predicted octanol–water partition coefficient (Wildman–Crippen LogP) is 3.33. The largest absolute Gasteiger partial charge is 0.497 e. The highest BCUT2D eigenvalue weighted by atomic mass is 19.1. The van der Waals surface area contributed by atoms with Crippen LogP contribution in [-0.4, -0.2) is 41.9 Å². The summed E-state index contributed by atoms with van der Waals surface area (Å²) in [6, 6.07) is 13.5. The van der Waals surface area contributed by atoms with Crippen LogP contribution in [0.25, 0.3) is 0 Å². The Morgan fingerprint density at radius 2 is 1.66 bits per heavy atom. The summed E-state index contributed by atoms with van der Waals surface area (Å²) in [5.74, 6) is 0.376. The van der Waals surface area contributed by atoms with Gasteiger partial charge < -0.3 is 15.0 Å². The number of hydrogen-bond acceptors (Lipinski definition) is 3. The Kier molecular flexibility index (Phi) is 5.51. The third kappa shape index (κ3) is 4.26. The monoisotopic (exact) mass is 396 g/mol. The van der Waals surface area contributed by atoms with Crippen molar-refractivity contribution in [3.63, 3.8) is 0 Å². The van der Waals surface area contributed by atoms with E-state index in [9.17, 15) is 14.0 Å². The number of nitrogens with zero attached hydrogens (tertiary/aromatic N) is 1. The summed E-state index contributed by atoms with van der Waals surface area (Å²) in [7, 11) is 1.62. The first-order chi connectivity index (χ1) is 14.0. The topological polar surface area (TPSA) is 58.6 Å². The van der Waals surface area contributed by atoms with Crippen molar-refractivity contribution in [2.75, 3.05) is 7.11 Å². The number of piperidine rings is 1. The summed E-state index contributed by atoms with van der Waals surface area (Å²) in [5.41, 5.74) is 1.43. The first-order valence-electron chi connectivity index (χ1n) is 10.0. The Balaban J connectivity index is 1.36. The number of halogens is 1. The molecule has 2 bridgehead atoms. The second kappa shape index (κ2) is 8.23. The summed E-state index contributed by atoms with van der Waals surface area (Å²) in [6.45, 7) is 0. The second-order valence-electron chi connectivity index (χ2n) is 7.86. The average Bonchev–Trinajstić information content (AvgIpc) is 3.00. The zero-order valence-electron chi connectivity index (χ0n) is 16.4. The summed E-state index contributed by atoms with van der Waals surface area (Å²) < 4.78 is 18.2. The molecule has 2 saturated heterocycles. The molecule has 0 aliphatic carbocycles. The van der Waals surface area contributed by atoms with Gasteiger partial charge in [0.05, 0.1) is 13.5 Å². The Bertz CT molecular complexity index is 868. The quantitative estimate of drug-likeness (QED) is 0.843. The smallest absolute Gasteiger partial charge is 0.251 e. The van der Waals surface area contributed by atoms with Crippen molar-refractivity contribution in [3.05, 3.63) is 65.5 Å². The molecule has 0 saturated carbocycles. The van der Waals surface area contributed by atoms with Gasteiger partial charge in [0.15, 0.2) is 0 Å². The summed E-state index contributed by atoms with van der Waals surface area (Å²) in [6.07, 6.45) is 3.85. The Morgan fingerprint density at radius 1 is 1.03 bits per heavy atom. The molecule has 152 valence electrons. The fourth-order valence-corrected chi connectivity index (χ4v) is 4.58. The van der Waals surface area contributed by atoms with Crippen molar-refractivity contribution >= 4 is 11.8 Å². The molecule has 2 unspecified atom stereocenters. The van der Waals surface area contributed by atoms with Gasteiger partial charge in [0.1, 0.15) is 11.6 Å². The Morgan fingerprint density at radius 3 is 2.24 bits per heavy atom. The van der Waals surface area contributed by atoms with Crippen molar-refractivity contribution in [3.8, 4) is 5.75 Å². The van der Waals surface area contributed by atoms with Gasteiger partial charge in [0.2, 0.25) is 5.91 Å². The highest BCUT2D eigenvalue weighted by Crippen LogP contribution is 2.36. The van der Waals surface area contributed by atoms with Gasteiger partial charge in [0, 0.05) is 23.7 Å². The molecule has 29 heavy (non-hydrogen) atoms. The van der Waals surface area contributed by atoms with Crippen LogP contribution >= 0.6 is 0 Å². The van der Waals surface area contributed by atoms with Gasteiger partial charge in [0.25, 0.3) is 5.91 Å². The number of rotatable bonds is 5. The van der Waals surface area contributed by atoms with Crippen LogP contribution in [0.3, 0.4) is 0 Å². The van der Waals surface area contributed by atoms with Crippen LogP contribution in [0.4, 0.5) is 4.39 Å². The number of ether oxygens (including phenoxy) is 1. The molecule has 6 heteroatoms. The predicted molar refractivity (Wildman–Crippen MR) is 107 cm³/mol. The summed E-state index contributed by atoms with van der Waals surface area (Å²) in [4.78, 5) is 27.4. The molecule has 5 nitrogen and oxygen atoms in total. The molecule has 2 fully saturated rings.